The Morgan fingerprint density at radius 3 is 2.83 bits per heavy atom. The summed E-state index contributed by atoms with van der Waals surface area (Å²) in [7, 11) is 0. The van der Waals surface area contributed by atoms with Gasteiger partial charge in [-0.25, -0.2) is 4.79 Å². The molecule has 1 aliphatic heterocycles. The zero-order valence-electron chi connectivity index (χ0n) is 9.14. The van der Waals surface area contributed by atoms with Crippen LogP contribution in [-0.2, 0) is 9.47 Å². The molecule has 1 atom stereocenters. The Balaban J connectivity index is 2.09. The second kappa shape index (κ2) is 5.25. The number of carbonyl (C=O) groups excluding carboxylic acids is 1. The van der Waals surface area contributed by atoms with E-state index in [0.717, 1.165) is 3.79 Å². The van der Waals surface area contributed by atoms with E-state index in [2.05, 4.69) is 21.2 Å². The highest BCUT2D eigenvalue weighted by molar-refractivity contribution is 9.11. The summed E-state index contributed by atoms with van der Waals surface area (Å²) < 4.78 is 10.7. The van der Waals surface area contributed by atoms with Gasteiger partial charge in [-0.2, -0.15) is 0 Å². The smallest absolute Gasteiger partial charge is 0.450 e. The molecule has 98 valence electrons. The van der Waals surface area contributed by atoms with Gasteiger partial charge in [0.15, 0.2) is 0 Å². The Hall–Kier alpha value is -1.12. The molecule has 2 N–H and O–H groups in total. The van der Waals surface area contributed by atoms with Gasteiger partial charge in [0.05, 0.1) is 15.3 Å². The Morgan fingerprint density at radius 2 is 2.33 bits per heavy atom. The van der Waals surface area contributed by atoms with Crippen molar-refractivity contribution in [2.45, 2.75) is 12.1 Å². The quantitative estimate of drug-likeness (QED) is 0.652. The van der Waals surface area contributed by atoms with Gasteiger partial charge in [-0.1, -0.05) is 0 Å². The van der Waals surface area contributed by atoms with Crippen molar-refractivity contribution >= 4 is 39.3 Å². The van der Waals surface area contributed by atoms with Crippen molar-refractivity contribution in [1.29, 1.82) is 0 Å². The van der Waals surface area contributed by atoms with Gasteiger partial charge < -0.3 is 19.9 Å². The highest BCUT2D eigenvalue weighted by atomic mass is 79.9. The van der Waals surface area contributed by atoms with Crippen LogP contribution in [0.25, 0.3) is 0 Å². The van der Waals surface area contributed by atoms with Crippen LogP contribution in [-0.4, -0.2) is 36.1 Å². The molecule has 8 heteroatoms. The van der Waals surface area contributed by atoms with Crippen LogP contribution < -0.4 is 5.32 Å². The zero-order valence-corrected chi connectivity index (χ0v) is 11.5. The normalized spacial score (nSPS) is 22.7. The standard InChI is InChI=1S/C10H10BrNO5S/c11-7-2-1-6(18-7)8(13)12-10(17-9(14)15)3-4-16-5-10/h1-2H,3-5H2,(H,12,13)(H,14,15). The number of amides is 1. The van der Waals surface area contributed by atoms with Gasteiger partial charge in [0.2, 0.25) is 5.72 Å². The van der Waals surface area contributed by atoms with E-state index in [9.17, 15) is 9.59 Å². The average molecular weight is 336 g/mol. The van der Waals surface area contributed by atoms with Gasteiger partial charge >= 0.3 is 6.16 Å². The van der Waals surface area contributed by atoms with Crippen molar-refractivity contribution in [1.82, 2.24) is 5.32 Å². The minimum absolute atomic E-state index is 0.0254. The number of carboxylic acid groups (broad SMARTS) is 1. The van der Waals surface area contributed by atoms with Gasteiger partial charge in [0.25, 0.3) is 5.91 Å². The van der Waals surface area contributed by atoms with E-state index in [0.29, 0.717) is 17.9 Å². The van der Waals surface area contributed by atoms with Crippen LogP contribution in [0.4, 0.5) is 4.79 Å². The second-order valence-electron chi connectivity index (χ2n) is 3.72. The Kier molecular flexibility index (Phi) is 3.88. The number of halogens is 1. The molecule has 1 saturated heterocycles. The van der Waals surface area contributed by atoms with Crippen molar-refractivity contribution < 1.29 is 24.2 Å². The van der Waals surface area contributed by atoms with Crippen LogP contribution >= 0.6 is 27.3 Å². The molecule has 1 aromatic heterocycles. The first-order valence-electron chi connectivity index (χ1n) is 5.08. The summed E-state index contributed by atoms with van der Waals surface area (Å²) >= 11 is 4.51. The minimum atomic E-state index is -1.44. The van der Waals surface area contributed by atoms with Gasteiger partial charge in [0.1, 0.15) is 6.61 Å². The lowest BCUT2D eigenvalue weighted by Crippen LogP contribution is -2.52. The van der Waals surface area contributed by atoms with Crippen molar-refractivity contribution in [2.75, 3.05) is 13.2 Å². The summed E-state index contributed by atoms with van der Waals surface area (Å²) in [6.07, 6.45) is -1.13. The maximum Gasteiger partial charge on any atom is 0.507 e. The monoisotopic (exact) mass is 335 g/mol. The Labute approximate surface area is 115 Å². The molecule has 0 saturated carbocycles. The summed E-state index contributed by atoms with van der Waals surface area (Å²) in [5, 5.41) is 11.3. The number of hydrogen-bond acceptors (Lipinski definition) is 5. The van der Waals surface area contributed by atoms with Crippen molar-refractivity contribution in [3.63, 3.8) is 0 Å². The third-order valence-corrected chi connectivity index (χ3v) is 4.03. The van der Waals surface area contributed by atoms with E-state index in [4.69, 9.17) is 14.6 Å². The summed E-state index contributed by atoms with van der Waals surface area (Å²) in [5.41, 5.74) is -1.28. The molecule has 1 unspecified atom stereocenters. The number of thiophene rings is 1. The lowest BCUT2D eigenvalue weighted by atomic mass is 10.2. The van der Waals surface area contributed by atoms with E-state index in [1.165, 1.54) is 11.3 Å². The van der Waals surface area contributed by atoms with Crippen LogP contribution in [0.3, 0.4) is 0 Å². The van der Waals surface area contributed by atoms with Gasteiger partial charge in [0, 0.05) is 6.42 Å². The maximum atomic E-state index is 12.0. The molecule has 1 aromatic rings. The molecule has 1 aliphatic rings. The molecule has 18 heavy (non-hydrogen) atoms. The molecule has 1 fully saturated rings. The molecule has 0 aliphatic carbocycles. The van der Waals surface area contributed by atoms with Gasteiger partial charge in [-0.3, -0.25) is 4.79 Å². The highest BCUT2D eigenvalue weighted by Gasteiger charge is 2.41. The number of hydrogen-bond donors (Lipinski definition) is 2. The molecule has 0 spiro atoms. The first kappa shape index (κ1) is 13.3. The third-order valence-electron chi connectivity index (χ3n) is 2.41. The fourth-order valence-corrected chi connectivity index (χ4v) is 2.90. The lowest BCUT2D eigenvalue weighted by Gasteiger charge is -2.26. The Bertz CT molecular complexity index is 469. The van der Waals surface area contributed by atoms with E-state index in [1.54, 1.807) is 12.1 Å². The molecular formula is C10H10BrNO5S. The predicted octanol–water partition coefficient (Wildman–Crippen LogP) is 2.05. The van der Waals surface area contributed by atoms with Gasteiger partial charge in [-0.15, -0.1) is 11.3 Å². The van der Waals surface area contributed by atoms with Crippen molar-refractivity contribution in [3.8, 4) is 0 Å². The summed E-state index contributed by atoms with van der Waals surface area (Å²) in [4.78, 5) is 23.1. The van der Waals surface area contributed by atoms with E-state index in [1.807, 2.05) is 0 Å². The fraction of sp³-hybridized carbons (Fsp3) is 0.400. The topological polar surface area (TPSA) is 84.9 Å². The Morgan fingerprint density at radius 1 is 1.56 bits per heavy atom. The summed E-state index contributed by atoms with van der Waals surface area (Å²) in [6.45, 7) is 0.374. The zero-order chi connectivity index (χ0) is 13.2. The van der Waals surface area contributed by atoms with Crippen molar-refractivity contribution in [2.24, 2.45) is 0 Å². The second-order valence-corrected chi connectivity index (χ2v) is 6.19. The SMILES string of the molecule is O=C(O)OC1(NC(=O)c2ccc(Br)s2)CCOC1. The number of carbonyl (C=O) groups is 2. The summed E-state index contributed by atoms with van der Waals surface area (Å²) in [6, 6.07) is 3.39. The minimum Gasteiger partial charge on any atom is -0.450 e. The molecule has 0 aromatic carbocycles. The molecule has 0 radical (unpaired) electrons. The maximum absolute atomic E-state index is 12.0. The van der Waals surface area contributed by atoms with Crippen LogP contribution in [0.1, 0.15) is 16.1 Å². The van der Waals surface area contributed by atoms with E-state index >= 15 is 0 Å². The third kappa shape index (κ3) is 3.01. The molecular weight excluding hydrogens is 326 g/mol. The molecule has 1 amide bonds. The molecule has 2 rings (SSSR count). The van der Waals surface area contributed by atoms with Gasteiger partial charge in [-0.05, 0) is 28.1 Å². The average Bonchev–Trinajstić information content (AvgIpc) is 2.87. The molecule has 0 bridgehead atoms. The number of nitrogens with one attached hydrogen (secondary N) is 1. The number of rotatable bonds is 3. The first-order chi connectivity index (χ1) is 8.51. The molecule has 2 heterocycles. The van der Waals surface area contributed by atoms with E-state index < -0.39 is 11.9 Å². The highest BCUT2D eigenvalue weighted by Crippen LogP contribution is 2.25. The van der Waals surface area contributed by atoms with Crippen LogP contribution in [0.2, 0.25) is 0 Å². The van der Waals surface area contributed by atoms with Crippen molar-refractivity contribution in [3.05, 3.63) is 20.8 Å². The van der Waals surface area contributed by atoms with E-state index in [-0.39, 0.29) is 12.5 Å². The van der Waals surface area contributed by atoms with Crippen LogP contribution in [0, 0.1) is 0 Å². The summed E-state index contributed by atoms with van der Waals surface area (Å²) in [5.74, 6) is -0.377. The molecule has 6 nitrogen and oxygen atoms in total. The predicted molar refractivity (Wildman–Crippen MR) is 66.8 cm³/mol. The lowest BCUT2D eigenvalue weighted by molar-refractivity contribution is -0.0399. The number of ether oxygens (including phenoxy) is 2. The first-order valence-corrected chi connectivity index (χ1v) is 6.69. The van der Waals surface area contributed by atoms with Crippen LogP contribution in [0.5, 0.6) is 0 Å². The fourth-order valence-electron chi connectivity index (χ4n) is 1.62. The van der Waals surface area contributed by atoms with Crippen LogP contribution in [0.15, 0.2) is 15.9 Å². The largest absolute Gasteiger partial charge is 0.507 e.